The van der Waals surface area contributed by atoms with E-state index in [1.54, 1.807) is 0 Å². The van der Waals surface area contributed by atoms with Crippen molar-refractivity contribution in [2.75, 3.05) is 23.0 Å². The van der Waals surface area contributed by atoms with Crippen LogP contribution in [0.4, 0.5) is 0 Å². The van der Waals surface area contributed by atoms with E-state index >= 15 is 0 Å². The lowest BCUT2D eigenvalue weighted by molar-refractivity contribution is 0.601. The Bertz CT molecular complexity index is 503. The van der Waals surface area contributed by atoms with Crippen LogP contribution < -0.4 is 0 Å². The van der Waals surface area contributed by atoms with Crippen LogP contribution in [-0.4, -0.2) is 50.3 Å². The minimum Gasteiger partial charge on any atom is -0.259 e. The number of unbranched alkanes of at least 4 members (excludes halogenated alkanes) is 10. The normalized spacial score (nSPS) is 24.1. The molecule has 162 valence electrons. The molecule has 1 aliphatic rings. The Morgan fingerprint density at radius 3 is 1.33 bits per heavy atom. The second-order valence-electron chi connectivity index (χ2n) is 7.86. The van der Waals surface area contributed by atoms with Gasteiger partial charge in [0.25, 0.3) is 0 Å². The van der Waals surface area contributed by atoms with E-state index in [1.165, 1.54) is 38.5 Å². The average molecular weight is 441 g/mol. The van der Waals surface area contributed by atoms with Crippen LogP contribution in [-0.2, 0) is 31.4 Å². The van der Waals surface area contributed by atoms with Crippen molar-refractivity contribution in [2.24, 2.45) is 0 Å². The Morgan fingerprint density at radius 1 is 0.630 bits per heavy atom. The third kappa shape index (κ3) is 10.6. The summed E-state index contributed by atoms with van der Waals surface area (Å²) in [4.78, 5) is 0. The Labute approximate surface area is 172 Å². The molecule has 0 unspecified atom stereocenters. The van der Waals surface area contributed by atoms with Gasteiger partial charge < -0.3 is 0 Å². The van der Waals surface area contributed by atoms with Gasteiger partial charge >= 0.3 is 0 Å². The van der Waals surface area contributed by atoms with Gasteiger partial charge in [-0.15, -0.1) is 0 Å². The molecular weight excluding hydrogens is 400 g/mol. The van der Waals surface area contributed by atoms with Crippen molar-refractivity contribution in [1.29, 1.82) is 0 Å². The zero-order chi connectivity index (χ0) is 20.1. The average Bonchev–Trinajstić information content (AvgIpc) is 2.96. The molecule has 0 aromatic carbocycles. The molecule has 0 spiro atoms. The monoisotopic (exact) mass is 440 g/mol. The summed E-state index contributed by atoms with van der Waals surface area (Å²) in [7, 11) is -5.57. The van der Waals surface area contributed by atoms with Crippen molar-refractivity contribution in [3.8, 4) is 0 Å². The first kappa shape index (κ1) is 25.3. The van der Waals surface area contributed by atoms with E-state index in [2.05, 4.69) is 13.8 Å². The van der Waals surface area contributed by atoms with Crippen molar-refractivity contribution in [3.05, 3.63) is 0 Å². The van der Waals surface area contributed by atoms with Crippen LogP contribution in [0.3, 0.4) is 0 Å². The zero-order valence-corrected chi connectivity index (χ0v) is 19.8. The summed E-state index contributed by atoms with van der Waals surface area (Å²) in [5.74, 6) is 1.03. The molecule has 0 amide bonds. The van der Waals surface area contributed by atoms with E-state index in [-0.39, 0.29) is 11.5 Å². The van der Waals surface area contributed by atoms with Gasteiger partial charge in [-0.05, 0) is 12.8 Å². The van der Waals surface area contributed by atoms with Gasteiger partial charge in [-0.3, -0.25) is 8.42 Å². The fourth-order valence-electron chi connectivity index (χ4n) is 3.63. The molecule has 0 aromatic rings. The van der Waals surface area contributed by atoms with Gasteiger partial charge in [0.05, 0.1) is 22.0 Å². The molecule has 0 aromatic heterocycles. The standard InChI is InChI=1S/C20H40O4S3/c1-3-5-7-9-11-13-15-25(21)19-17-27(23,24)18-20(19)26(22)16-14-12-10-8-6-4-2/h19-20H,3-18H2,1-2H3/t19-,20-,25-,26+/m1/s1. The third-order valence-corrected chi connectivity index (χ3v) is 11.4. The fourth-order valence-corrected chi connectivity index (χ4v) is 11.1. The van der Waals surface area contributed by atoms with Crippen molar-refractivity contribution in [2.45, 2.75) is 101 Å². The molecule has 1 rings (SSSR count). The third-order valence-electron chi connectivity index (χ3n) is 5.32. The molecule has 0 N–H and O–H groups in total. The Kier molecular flexibility index (Phi) is 13.4. The first-order valence-corrected chi connectivity index (χ1v) is 15.4. The lowest BCUT2D eigenvalue weighted by atomic mass is 10.1. The first-order valence-electron chi connectivity index (χ1n) is 10.9. The Balaban J connectivity index is 2.41. The van der Waals surface area contributed by atoms with Crippen LogP contribution >= 0.6 is 0 Å². The SMILES string of the molecule is CCCCCCCC[S@@](=O)[C@@H]1CS(=O)(=O)C[C@H]1[S@@](=O)CCCCCCCC. The summed E-state index contributed by atoms with van der Waals surface area (Å²) in [6.45, 7) is 4.36. The summed E-state index contributed by atoms with van der Waals surface area (Å²) in [6.07, 6.45) is 13.5. The van der Waals surface area contributed by atoms with Crippen molar-refractivity contribution < 1.29 is 16.8 Å². The summed E-state index contributed by atoms with van der Waals surface area (Å²) >= 11 is 0. The van der Waals surface area contributed by atoms with Crippen LogP contribution in [0.2, 0.25) is 0 Å². The predicted octanol–water partition coefficient (Wildman–Crippen LogP) is 4.37. The molecule has 0 bridgehead atoms. The van der Waals surface area contributed by atoms with Gasteiger partial charge in [-0.25, -0.2) is 8.42 Å². The number of hydrogen-bond donors (Lipinski definition) is 0. The largest absolute Gasteiger partial charge is 0.259 e. The van der Waals surface area contributed by atoms with Gasteiger partial charge in [0.1, 0.15) is 0 Å². The second-order valence-corrected chi connectivity index (χ2v) is 13.6. The van der Waals surface area contributed by atoms with Gasteiger partial charge in [0.15, 0.2) is 9.84 Å². The van der Waals surface area contributed by atoms with E-state index in [0.717, 1.165) is 38.5 Å². The molecule has 4 atom stereocenters. The van der Waals surface area contributed by atoms with E-state index in [9.17, 15) is 16.8 Å². The molecule has 0 radical (unpaired) electrons. The topological polar surface area (TPSA) is 68.3 Å². The summed E-state index contributed by atoms with van der Waals surface area (Å²) in [5, 5.41) is -0.849. The highest BCUT2D eigenvalue weighted by molar-refractivity contribution is 7.97. The number of hydrogen-bond acceptors (Lipinski definition) is 4. The lowest BCUT2D eigenvalue weighted by Crippen LogP contribution is -2.34. The van der Waals surface area contributed by atoms with Crippen molar-refractivity contribution in [1.82, 2.24) is 0 Å². The minimum absolute atomic E-state index is 0.0393. The molecule has 7 heteroatoms. The van der Waals surface area contributed by atoms with Crippen LogP contribution in [0.25, 0.3) is 0 Å². The van der Waals surface area contributed by atoms with Gasteiger partial charge in [0, 0.05) is 33.1 Å². The van der Waals surface area contributed by atoms with Gasteiger partial charge in [0.2, 0.25) is 0 Å². The van der Waals surface area contributed by atoms with Crippen LogP contribution in [0.1, 0.15) is 90.9 Å². The maximum atomic E-state index is 12.7. The summed E-state index contributed by atoms with van der Waals surface area (Å²) in [5.41, 5.74) is 0. The number of sulfone groups is 1. The lowest BCUT2D eigenvalue weighted by Gasteiger charge is -2.17. The van der Waals surface area contributed by atoms with Crippen molar-refractivity contribution in [3.63, 3.8) is 0 Å². The van der Waals surface area contributed by atoms with E-state index < -0.39 is 41.9 Å². The predicted molar refractivity (Wildman–Crippen MR) is 119 cm³/mol. The smallest absolute Gasteiger partial charge is 0.152 e. The molecule has 27 heavy (non-hydrogen) atoms. The minimum atomic E-state index is -3.21. The maximum Gasteiger partial charge on any atom is 0.152 e. The van der Waals surface area contributed by atoms with Gasteiger partial charge in [-0.2, -0.15) is 0 Å². The molecule has 0 aliphatic carbocycles. The fraction of sp³-hybridized carbons (Fsp3) is 1.00. The molecular formula is C20H40O4S3. The second kappa shape index (κ2) is 14.3. The molecule has 0 saturated carbocycles. The Hall–Kier alpha value is 0.250. The van der Waals surface area contributed by atoms with E-state index in [0.29, 0.717) is 11.5 Å². The molecule has 1 aliphatic heterocycles. The molecule has 1 fully saturated rings. The summed E-state index contributed by atoms with van der Waals surface area (Å²) in [6, 6.07) is 0. The van der Waals surface area contributed by atoms with E-state index in [4.69, 9.17) is 0 Å². The van der Waals surface area contributed by atoms with Gasteiger partial charge in [-0.1, -0.05) is 78.1 Å². The molecule has 1 heterocycles. The number of rotatable bonds is 16. The maximum absolute atomic E-state index is 12.7. The molecule has 1 saturated heterocycles. The highest BCUT2D eigenvalue weighted by atomic mass is 32.2. The van der Waals surface area contributed by atoms with Crippen molar-refractivity contribution >= 4 is 31.4 Å². The highest BCUT2D eigenvalue weighted by Crippen LogP contribution is 2.24. The zero-order valence-electron chi connectivity index (χ0n) is 17.3. The van der Waals surface area contributed by atoms with E-state index in [1.807, 2.05) is 0 Å². The van der Waals surface area contributed by atoms with Crippen LogP contribution in [0.5, 0.6) is 0 Å². The Morgan fingerprint density at radius 2 is 0.963 bits per heavy atom. The van der Waals surface area contributed by atoms with Crippen LogP contribution in [0, 0.1) is 0 Å². The summed E-state index contributed by atoms with van der Waals surface area (Å²) < 4.78 is 49.6. The highest BCUT2D eigenvalue weighted by Gasteiger charge is 2.43. The quantitative estimate of drug-likeness (QED) is 0.334. The van der Waals surface area contributed by atoms with Crippen LogP contribution in [0.15, 0.2) is 0 Å². The molecule has 4 nitrogen and oxygen atoms in total. The first-order chi connectivity index (χ1) is 12.9.